The van der Waals surface area contributed by atoms with E-state index < -0.39 is 0 Å². The zero-order chi connectivity index (χ0) is 14.0. The van der Waals surface area contributed by atoms with Gasteiger partial charge in [0.05, 0.1) is 10.6 Å². The first-order valence-electron chi connectivity index (χ1n) is 6.57. The Balaban J connectivity index is 2.14. The summed E-state index contributed by atoms with van der Waals surface area (Å²) in [5.41, 5.74) is 3.45. The number of hydrogen-bond donors (Lipinski definition) is 2. The Bertz CT molecular complexity index is 471. The Morgan fingerprint density at radius 2 is 2.00 bits per heavy atom. The highest BCUT2D eigenvalue weighted by atomic mass is 35.5. The van der Waals surface area contributed by atoms with Crippen LogP contribution in [0.5, 0.6) is 0 Å². The summed E-state index contributed by atoms with van der Waals surface area (Å²) in [4.78, 5) is 13.0. The normalized spacial score (nSPS) is 24.2. The van der Waals surface area contributed by atoms with Crippen LogP contribution in [-0.2, 0) is 0 Å². The topological polar surface area (TPSA) is 32.3 Å². The maximum absolute atomic E-state index is 12.3. The lowest BCUT2D eigenvalue weighted by atomic mass is 10.00. The van der Waals surface area contributed by atoms with E-state index in [-0.39, 0.29) is 5.91 Å². The van der Waals surface area contributed by atoms with Crippen molar-refractivity contribution in [2.24, 2.45) is 0 Å². The average Bonchev–Trinajstić information content (AvgIpc) is 2.37. The molecule has 19 heavy (non-hydrogen) atoms. The number of hydrazine groups is 1. The third-order valence-electron chi connectivity index (χ3n) is 3.62. The van der Waals surface area contributed by atoms with Gasteiger partial charge in [0.15, 0.2) is 0 Å². The molecule has 1 N–H and O–H groups in total. The highest BCUT2D eigenvalue weighted by molar-refractivity contribution is 7.80. The Morgan fingerprint density at radius 3 is 2.63 bits per heavy atom. The summed E-state index contributed by atoms with van der Waals surface area (Å²) in [5.74, 6) is -0.165. The van der Waals surface area contributed by atoms with Gasteiger partial charge in [0.2, 0.25) is 0 Å². The first-order valence-corrected chi connectivity index (χ1v) is 7.39. The molecule has 1 fully saturated rings. The minimum atomic E-state index is -0.165. The quantitative estimate of drug-likeness (QED) is 0.819. The molecular weight excluding hydrogens is 280 g/mol. The van der Waals surface area contributed by atoms with Gasteiger partial charge in [-0.1, -0.05) is 18.0 Å². The van der Waals surface area contributed by atoms with Gasteiger partial charge in [-0.2, -0.15) is 0 Å². The van der Waals surface area contributed by atoms with Crippen molar-refractivity contribution in [3.8, 4) is 0 Å². The number of nitrogens with one attached hydrogen (secondary N) is 1. The first kappa shape index (κ1) is 14.7. The molecule has 2 unspecified atom stereocenters. The molecule has 0 saturated carbocycles. The van der Waals surface area contributed by atoms with Crippen LogP contribution in [-0.4, -0.2) is 23.0 Å². The molecule has 0 bridgehead atoms. The maximum Gasteiger partial charge on any atom is 0.267 e. The van der Waals surface area contributed by atoms with Crippen molar-refractivity contribution in [1.29, 1.82) is 0 Å². The smallest absolute Gasteiger partial charge is 0.267 e. The molecule has 2 rings (SSSR count). The number of carbonyl (C=O) groups excluding carboxylic acids is 1. The fraction of sp³-hybridized carbons (Fsp3) is 0.500. The molecule has 1 saturated heterocycles. The van der Waals surface area contributed by atoms with E-state index in [1.165, 1.54) is 6.42 Å². The maximum atomic E-state index is 12.3. The summed E-state index contributed by atoms with van der Waals surface area (Å²) in [6, 6.07) is 5.87. The molecule has 0 aromatic heterocycles. The summed E-state index contributed by atoms with van der Waals surface area (Å²) in [6.45, 7) is 4.26. The van der Waals surface area contributed by atoms with Crippen LogP contribution in [0.15, 0.2) is 23.1 Å². The van der Waals surface area contributed by atoms with Gasteiger partial charge in [-0.3, -0.25) is 10.2 Å². The third-order valence-corrected chi connectivity index (χ3v) is 4.23. The summed E-state index contributed by atoms with van der Waals surface area (Å²) < 4.78 is 0. The first-order chi connectivity index (χ1) is 8.99. The zero-order valence-corrected chi connectivity index (χ0v) is 12.8. The molecule has 104 valence electrons. The Labute approximate surface area is 124 Å². The van der Waals surface area contributed by atoms with Gasteiger partial charge in [0.25, 0.3) is 5.91 Å². The van der Waals surface area contributed by atoms with Crippen molar-refractivity contribution < 1.29 is 4.79 Å². The number of carbonyl (C=O) groups is 1. The van der Waals surface area contributed by atoms with E-state index in [4.69, 9.17) is 11.6 Å². The molecule has 1 aromatic rings. The fourth-order valence-electron chi connectivity index (χ4n) is 2.51. The van der Waals surface area contributed by atoms with Crippen molar-refractivity contribution >= 4 is 30.1 Å². The van der Waals surface area contributed by atoms with E-state index in [1.54, 1.807) is 18.2 Å². The van der Waals surface area contributed by atoms with E-state index >= 15 is 0 Å². The molecule has 1 heterocycles. The minimum Gasteiger partial charge on any atom is -0.284 e. The number of amides is 1. The van der Waals surface area contributed by atoms with Crippen LogP contribution in [0.1, 0.15) is 43.5 Å². The monoisotopic (exact) mass is 298 g/mol. The van der Waals surface area contributed by atoms with Crippen molar-refractivity contribution in [3.63, 3.8) is 0 Å². The number of benzene rings is 1. The molecule has 3 nitrogen and oxygen atoms in total. The average molecular weight is 299 g/mol. The summed E-state index contributed by atoms with van der Waals surface area (Å²) >= 11 is 10.3. The van der Waals surface area contributed by atoms with Crippen molar-refractivity contribution in [2.75, 3.05) is 0 Å². The second-order valence-electron chi connectivity index (χ2n) is 5.14. The highest BCUT2D eigenvalue weighted by Crippen LogP contribution is 2.23. The van der Waals surface area contributed by atoms with Gasteiger partial charge in [-0.05, 0) is 44.9 Å². The van der Waals surface area contributed by atoms with Crippen LogP contribution >= 0.6 is 24.2 Å². The van der Waals surface area contributed by atoms with Gasteiger partial charge in [-0.25, -0.2) is 5.01 Å². The van der Waals surface area contributed by atoms with Gasteiger partial charge in [0, 0.05) is 17.0 Å². The van der Waals surface area contributed by atoms with E-state index in [9.17, 15) is 4.79 Å². The van der Waals surface area contributed by atoms with Gasteiger partial charge in [-0.15, -0.1) is 12.6 Å². The lowest BCUT2D eigenvalue weighted by Gasteiger charge is -2.38. The largest absolute Gasteiger partial charge is 0.284 e. The number of hydrogen-bond acceptors (Lipinski definition) is 3. The van der Waals surface area contributed by atoms with Gasteiger partial charge < -0.3 is 0 Å². The SMILES string of the molecule is CC1CCCC(C)N1NC(=O)c1cc(S)ccc1Cl. The lowest BCUT2D eigenvalue weighted by Crippen LogP contribution is -2.54. The Hall–Kier alpha value is -0.710. The fourth-order valence-corrected chi connectivity index (χ4v) is 2.91. The second-order valence-corrected chi connectivity index (χ2v) is 6.06. The Morgan fingerprint density at radius 1 is 1.37 bits per heavy atom. The second kappa shape index (κ2) is 6.16. The van der Waals surface area contributed by atoms with Crippen molar-refractivity contribution in [2.45, 2.75) is 50.1 Å². The van der Waals surface area contributed by atoms with Crippen LogP contribution in [0, 0.1) is 0 Å². The van der Waals surface area contributed by atoms with E-state index in [0.29, 0.717) is 22.7 Å². The predicted octanol–water partition coefficient (Wildman–Crippen LogP) is 3.54. The molecular formula is C14H19ClN2OS. The molecule has 1 amide bonds. The Kier molecular flexibility index (Phi) is 4.76. The molecule has 0 radical (unpaired) electrons. The van der Waals surface area contributed by atoms with Crippen LogP contribution in [0.25, 0.3) is 0 Å². The van der Waals surface area contributed by atoms with Crippen LogP contribution in [0.3, 0.4) is 0 Å². The van der Waals surface area contributed by atoms with E-state index in [2.05, 4.69) is 31.9 Å². The van der Waals surface area contributed by atoms with E-state index in [0.717, 1.165) is 17.7 Å². The summed E-state index contributed by atoms with van der Waals surface area (Å²) in [7, 11) is 0. The summed E-state index contributed by atoms with van der Waals surface area (Å²) in [6.07, 6.45) is 3.41. The zero-order valence-electron chi connectivity index (χ0n) is 11.2. The van der Waals surface area contributed by atoms with Crippen LogP contribution in [0.2, 0.25) is 5.02 Å². The van der Waals surface area contributed by atoms with E-state index in [1.807, 2.05) is 5.01 Å². The third kappa shape index (κ3) is 3.44. The standard InChI is InChI=1S/C14H19ClN2OS/c1-9-4-3-5-10(2)17(9)16-14(18)12-8-11(19)6-7-13(12)15/h6-10,19H,3-5H2,1-2H3,(H,16,18). The van der Waals surface area contributed by atoms with Crippen molar-refractivity contribution in [1.82, 2.24) is 10.4 Å². The molecule has 0 spiro atoms. The highest BCUT2D eigenvalue weighted by Gasteiger charge is 2.26. The molecule has 1 aromatic carbocycles. The molecule has 5 heteroatoms. The number of halogens is 1. The van der Waals surface area contributed by atoms with Crippen molar-refractivity contribution in [3.05, 3.63) is 28.8 Å². The minimum absolute atomic E-state index is 0.165. The molecule has 0 aliphatic carbocycles. The van der Waals surface area contributed by atoms with Crippen LogP contribution < -0.4 is 5.43 Å². The predicted molar refractivity (Wildman–Crippen MR) is 80.8 cm³/mol. The lowest BCUT2D eigenvalue weighted by molar-refractivity contribution is 0.0369. The van der Waals surface area contributed by atoms with Crippen LogP contribution in [0.4, 0.5) is 0 Å². The molecule has 2 atom stereocenters. The number of piperidine rings is 1. The number of nitrogens with zero attached hydrogens (tertiary/aromatic N) is 1. The van der Waals surface area contributed by atoms with Gasteiger partial charge >= 0.3 is 0 Å². The van der Waals surface area contributed by atoms with Gasteiger partial charge in [0.1, 0.15) is 0 Å². The number of rotatable bonds is 2. The number of thiol groups is 1. The molecule has 1 aliphatic rings. The summed E-state index contributed by atoms with van der Waals surface area (Å²) in [5, 5.41) is 2.49. The molecule has 1 aliphatic heterocycles.